The van der Waals surface area contributed by atoms with Crippen molar-refractivity contribution < 1.29 is 4.39 Å². The molecule has 0 bridgehead atoms. The lowest BCUT2D eigenvalue weighted by atomic mass is 9.90. The summed E-state index contributed by atoms with van der Waals surface area (Å²) >= 11 is 3.42. The number of fused-ring (bicyclic) bond motifs is 1. The number of halogens is 2. The van der Waals surface area contributed by atoms with Crippen LogP contribution in [0.3, 0.4) is 0 Å². The van der Waals surface area contributed by atoms with Crippen LogP contribution in [0.15, 0.2) is 41.0 Å². The van der Waals surface area contributed by atoms with Crippen LogP contribution in [0, 0.1) is 5.82 Å². The first-order valence-corrected chi connectivity index (χ1v) is 7.56. The number of aryl methyl sites for hydroxylation is 1. The summed E-state index contributed by atoms with van der Waals surface area (Å²) in [6.45, 7) is 0. The lowest BCUT2D eigenvalue weighted by Gasteiger charge is -2.24. The van der Waals surface area contributed by atoms with Gasteiger partial charge in [0.1, 0.15) is 5.82 Å². The van der Waals surface area contributed by atoms with Crippen molar-refractivity contribution in [3.8, 4) is 0 Å². The molecule has 0 amide bonds. The standard InChI is InChI=1S/C16H16BrFN2/c1-19-16(13-9-11(17)5-7-14(13)18)12-6-4-10-3-2-8-20-15(10)12/h2-3,5,7-9,12,16,19H,4,6H2,1H3. The van der Waals surface area contributed by atoms with Gasteiger partial charge in [-0.25, -0.2) is 4.39 Å². The Morgan fingerprint density at radius 1 is 1.40 bits per heavy atom. The zero-order valence-corrected chi connectivity index (χ0v) is 12.8. The molecule has 3 rings (SSSR count). The van der Waals surface area contributed by atoms with E-state index in [0.29, 0.717) is 5.56 Å². The molecular weight excluding hydrogens is 319 g/mol. The van der Waals surface area contributed by atoms with E-state index in [4.69, 9.17) is 0 Å². The van der Waals surface area contributed by atoms with Crippen LogP contribution in [0.5, 0.6) is 0 Å². The van der Waals surface area contributed by atoms with Crippen LogP contribution in [0.1, 0.15) is 35.2 Å². The molecule has 1 aliphatic rings. The fourth-order valence-electron chi connectivity index (χ4n) is 3.09. The number of hydrogen-bond acceptors (Lipinski definition) is 2. The summed E-state index contributed by atoms with van der Waals surface area (Å²) in [6.07, 6.45) is 3.84. The zero-order valence-electron chi connectivity index (χ0n) is 11.2. The fourth-order valence-corrected chi connectivity index (χ4v) is 3.47. The van der Waals surface area contributed by atoms with Gasteiger partial charge in [-0.2, -0.15) is 0 Å². The van der Waals surface area contributed by atoms with Crippen LogP contribution in [-0.2, 0) is 6.42 Å². The SMILES string of the molecule is CNC(c1cc(Br)ccc1F)C1CCc2cccnc21. The largest absolute Gasteiger partial charge is 0.312 e. The number of pyridine rings is 1. The molecule has 2 aromatic rings. The zero-order chi connectivity index (χ0) is 14.1. The molecule has 1 aliphatic carbocycles. The van der Waals surface area contributed by atoms with Crippen molar-refractivity contribution in [3.63, 3.8) is 0 Å². The topological polar surface area (TPSA) is 24.9 Å². The number of hydrogen-bond donors (Lipinski definition) is 1. The molecule has 1 aromatic heterocycles. The Morgan fingerprint density at radius 3 is 3.05 bits per heavy atom. The van der Waals surface area contributed by atoms with E-state index in [0.717, 1.165) is 23.0 Å². The summed E-state index contributed by atoms with van der Waals surface area (Å²) < 4.78 is 15.1. The average Bonchev–Trinajstić information content (AvgIpc) is 2.88. The maximum absolute atomic E-state index is 14.2. The molecule has 0 radical (unpaired) electrons. The van der Waals surface area contributed by atoms with Gasteiger partial charge in [0.15, 0.2) is 0 Å². The van der Waals surface area contributed by atoms with Crippen LogP contribution in [-0.4, -0.2) is 12.0 Å². The van der Waals surface area contributed by atoms with Crippen LogP contribution < -0.4 is 5.32 Å². The van der Waals surface area contributed by atoms with E-state index >= 15 is 0 Å². The van der Waals surface area contributed by atoms with Gasteiger partial charge in [0.05, 0.1) is 0 Å². The molecular formula is C16H16BrFN2. The Morgan fingerprint density at radius 2 is 2.25 bits per heavy atom. The van der Waals surface area contributed by atoms with Gasteiger partial charge in [0.2, 0.25) is 0 Å². The fraction of sp³-hybridized carbons (Fsp3) is 0.312. The predicted molar refractivity (Wildman–Crippen MR) is 81.2 cm³/mol. The first-order valence-electron chi connectivity index (χ1n) is 6.76. The maximum Gasteiger partial charge on any atom is 0.128 e. The van der Waals surface area contributed by atoms with Crippen LogP contribution >= 0.6 is 15.9 Å². The molecule has 1 aromatic carbocycles. The monoisotopic (exact) mass is 334 g/mol. The smallest absolute Gasteiger partial charge is 0.128 e. The Hall–Kier alpha value is -1.26. The lowest BCUT2D eigenvalue weighted by Crippen LogP contribution is -2.24. The van der Waals surface area contributed by atoms with Gasteiger partial charge in [-0.3, -0.25) is 4.98 Å². The number of rotatable bonds is 3. The number of nitrogens with zero attached hydrogens (tertiary/aromatic N) is 1. The summed E-state index contributed by atoms with van der Waals surface area (Å²) in [7, 11) is 1.88. The summed E-state index contributed by atoms with van der Waals surface area (Å²) in [6, 6.07) is 9.13. The lowest BCUT2D eigenvalue weighted by molar-refractivity contribution is 0.448. The maximum atomic E-state index is 14.2. The number of benzene rings is 1. The molecule has 4 heteroatoms. The van der Waals surface area contributed by atoms with E-state index in [2.05, 4.69) is 32.3 Å². The van der Waals surface area contributed by atoms with E-state index in [1.165, 1.54) is 11.6 Å². The minimum atomic E-state index is -0.170. The van der Waals surface area contributed by atoms with Crippen molar-refractivity contribution in [2.24, 2.45) is 0 Å². The normalized spacial score (nSPS) is 18.9. The highest BCUT2D eigenvalue weighted by molar-refractivity contribution is 9.10. The van der Waals surface area contributed by atoms with Crippen molar-refractivity contribution in [3.05, 3.63) is 63.6 Å². The highest BCUT2D eigenvalue weighted by Gasteiger charge is 2.32. The molecule has 2 unspecified atom stereocenters. The molecule has 0 spiro atoms. The third kappa shape index (κ3) is 2.38. The quantitative estimate of drug-likeness (QED) is 0.918. The second-order valence-corrected chi connectivity index (χ2v) is 6.04. The highest BCUT2D eigenvalue weighted by atomic mass is 79.9. The molecule has 1 N–H and O–H groups in total. The van der Waals surface area contributed by atoms with E-state index in [-0.39, 0.29) is 17.8 Å². The number of aromatic nitrogens is 1. The molecule has 0 aliphatic heterocycles. The van der Waals surface area contributed by atoms with Gasteiger partial charge in [-0.1, -0.05) is 22.0 Å². The summed E-state index contributed by atoms with van der Waals surface area (Å²) in [5.74, 6) is 0.0527. The van der Waals surface area contributed by atoms with Gasteiger partial charge in [-0.05, 0) is 49.7 Å². The summed E-state index contributed by atoms with van der Waals surface area (Å²) in [4.78, 5) is 4.51. The average molecular weight is 335 g/mol. The third-order valence-electron chi connectivity index (χ3n) is 4.01. The van der Waals surface area contributed by atoms with Crippen molar-refractivity contribution >= 4 is 15.9 Å². The van der Waals surface area contributed by atoms with E-state index in [1.807, 2.05) is 25.4 Å². The van der Waals surface area contributed by atoms with Crippen molar-refractivity contribution in [1.29, 1.82) is 0 Å². The molecule has 0 fully saturated rings. The minimum absolute atomic E-state index is 0.0522. The van der Waals surface area contributed by atoms with Crippen LogP contribution in [0.4, 0.5) is 4.39 Å². The molecule has 1 heterocycles. The first-order chi connectivity index (χ1) is 9.70. The second kappa shape index (κ2) is 5.62. The van der Waals surface area contributed by atoms with E-state index in [1.54, 1.807) is 6.07 Å². The van der Waals surface area contributed by atoms with Crippen LogP contribution in [0.2, 0.25) is 0 Å². The van der Waals surface area contributed by atoms with Crippen molar-refractivity contribution in [2.45, 2.75) is 24.8 Å². The third-order valence-corrected chi connectivity index (χ3v) is 4.50. The summed E-state index contributed by atoms with van der Waals surface area (Å²) in [5.41, 5.74) is 3.09. The van der Waals surface area contributed by atoms with Gasteiger partial charge in [0.25, 0.3) is 0 Å². The van der Waals surface area contributed by atoms with Gasteiger partial charge >= 0.3 is 0 Å². The van der Waals surface area contributed by atoms with E-state index < -0.39 is 0 Å². The summed E-state index contributed by atoms with van der Waals surface area (Å²) in [5, 5.41) is 3.27. The molecule has 104 valence electrons. The minimum Gasteiger partial charge on any atom is -0.312 e. The Labute approximate surface area is 126 Å². The van der Waals surface area contributed by atoms with Crippen molar-refractivity contribution in [2.75, 3.05) is 7.05 Å². The van der Waals surface area contributed by atoms with Crippen LogP contribution in [0.25, 0.3) is 0 Å². The molecule has 2 nitrogen and oxygen atoms in total. The second-order valence-electron chi connectivity index (χ2n) is 5.13. The molecule has 0 saturated heterocycles. The number of likely N-dealkylation sites (N-methyl/N-ethyl adjacent to an activating group) is 1. The molecule has 0 saturated carbocycles. The Balaban J connectivity index is 2.01. The highest BCUT2D eigenvalue weighted by Crippen LogP contribution is 2.41. The first kappa shape index (κ1) is 13.7. The van der Waals surface area contributed by atoms with E-state index in [9.17, 15) is 4.39 Å². The molecule has 2 atom stereocenters. The van der Waals surface area contributed by atoms with Crippen molar-refractivity contribution in [1.82, 2.24) is 10.3 Å². The Kier molecular flexibility index (Phi) is 3.85. The Bertz CT molecular complexity index is 630. The van der Waals surface area contributed by atoms with Gasteiger partial charge < -0.3 is 5.32 Å². The van der Waals surface area contributed by atoms with Gasteiger partial charge in [0, 0.05) is 33.9 Å². The number of nitrogens with one attached hydrogen (secondary N) is 1. The molecule has 20 heavy (non-hydrogen) atoms. The van der Waals surface area contributed by atoms with Gasteiger partial charge in [-0.15, -0.1) is 0 Å². The predicted octanol–water partition coefficient (Wildman–Crippen LogP) is 3.97.